The Morgan fingerprint density at radius 2 is 1.95 bits per heavy atom. The summed E-state index contributed by atoms with van der Waals surface area (Å²) in [6.07, 6.45) is 2.38. The maximum Gasteiger partial charge on any atom is 0.310 e. The molecule has 0 aliphatic carbocycles. The highest BCUT2D eigenvalue weighted by Gasteiger charge is 2.53. The molecule has 0 radical (unpaired) electrons. The fourth-order valence-corrected chi connectivity index (χ4v) is 3.14. The van der Waals surface area contributed by atoms with E-state index in [1.54, 1.807) is 30.4 Å². The minimum Gasteiger partial charge on any atom is -0.495 e. The Hall–Kier alpha value is -2.05. The Morgan fingerprint density at radius 3 is 2.55 bits per heavy atom. The Bertz CT molecular complexity index is 659. The summed E-state index contributed by atoms with van der Waals surface area (Å²) in [6.45, 7) is 0. The SMILES string of the molecule is COc1ccc(NC(=O)[C@H]2[C@H](C(=O)O)[C@H]3C=C[C@H]2O3)cc1Cl. The van der Waals surface area contributed by atoms with Crippen molar-refractivity contribution in [3.63, 3.8) is 0 Å². The summed E-state index contributed by atoms with van der Waals surface area (Å²) in [5, 5.41) is 12.4. The lowest BCUT2D eigenvalue weighted by atomic mass is 9.82. The summed E-state index contributed by atoms with van der Waals surface area (Å²) in [6, 6.07) is 4.82. The number of halogens is 1. The normalized spacial score (nSPS) is 28.6. The number of hydrogen-bond acceptors (Lipinski definition) is 4. The molecule has 1 aromatic rings. The van der Waals surface area contributed by atoms with E-state index in [1.165, 1.54) is 7.11 Å². The van der Waals surface area contributed by atoms with Crippen LogP contribution in [0.15, 0.2) is 30.4 Å². The van der Waals surface area contributed by atoms with Gasteiger partial charge in [-0.1, -0.05) is 23.8 Å². The number of hydrogen-bond donors (Lipinski definition) is 2. The molecule has 2 aliphatic rings. The van der Waals surface area contributed by atoms with E-state index in [2.05, 4.69) is 5.32 Å². The lowest BCUT2D eigenvalue weighted by Crippen LogP contribution is -2.39. The Labute approximate surface area is 131 Å². The zero-order valence-corrected chi connectivity index (χ0v) is 12.4. The molecule has 0 saturated carbocycles. The standard InChI is InChI=1S/C15H14ClNO5/c1-21-9-3-2-7(6-8(9)16)17-14(18)12-10-4-5-11(22-10)13(12)15(19)20/h2-6,10-13H,1H3,(H,17,18)(H,19,20)/t10-,11-,12-,13-/m1/s1. The molecule has 2 bridgehead atoms. The van der Waals surface area contributed by atoms with Gasteiger partial charge >= 0.3 is 5.97 Å². The zero-order valence-electron chi connectivity index (χ0n) is 11.7. The highest BCUT2D eigenvalue weighted by atomic mass is 35.5. The van der Waals surface area contributed by atoms with Gasteiger partial charge < -0.3 is 19.9 Å². The Morgan fingerprint density at radius 1 is 1.27 bits per heavy atom. The lowest BCUT2D eigenvalue weighted by Gasteiger charge is -2.21. The number of carbonyl (C=O) groups is 2. The number of carboxylic acids is 1. The van der Waals surface area contributed by atoms with E-state index in [9.17, 15) is 14.7 Å². The van der Waals surface area contributed by atoms with Crippen LogP contribution in [-0.2, 0) is 14.3 Å². The van der Waals surface area contributed by atoms with Crippen LogP contribution in [0.5, 0.6) is 5.75 Å². The second-order valence-corrected chi connectivity index (χ2v) is 5.59. The predicted molar refractivity (Wildman–Crippen MR) is 79.1 cm³/mol. The third-order valence-corrected chi connectivity index (χ3v) is 4.20. The van der Waals surface area contributed by atoms with Gasteiger partial charge in [-0.05, 0) is 18.2 Å². The van der Waals surface area contributed by atoms with E-state index in [-0.39, 0.29) is 0 Å². The van der Waals surface area contributed by atoms with Crippen molar-refractivity contribution in [1.29, 1.82) is 0 Å². The summed E-state index contributed by atoms with van der Waals surface area (Å²) in [5.41, 5.74) is 0.478. The number of aliphatic carboxylic acids is 1. The van der Waals surface area contributed by atoms with Crippen molar-refractivity contribution in [2.45, 2.75) is 12.2 Å². The summed E-state index contributed by atoms with van der Waals surface area (Å²) >= 11 is 6.01. The molecule has 7 heteroatoms. The minimum absolute atomic E-state index is 0.360. The van der Waals surface area contributed by atoms with E-state index in [0.29, 0.717) is 16.5 Å². The third kappa shape index (κ3) is 2.44. The molecule has 1 fully saturated rings. The topological polar surface area (TPSA) is 84.9 Å². The summed E-state index contributed by atoms with van der Waals surface area (Å²) in [4.78, 5) is 23.8. The first-order valence-electron chi connectivity index (χ1n) is 6.72. The fraction of sp³-hybridized carbons (Fsp3) is 0.333. The molecule has 2 aliphatic heterocycles. The Kier molecular flexibility index (Phi) is 3.80. The molecule has 6 nitrogen and oxygen atoms in total. The highest BCUT2D eigenvalue weighted by Crippen LogP contribution is 2.40. The largest absolute Gasteiger partial charge is 0.495 e. The van der Waals surface area contributed by atoms with Crippen LogP contribution in [-0.4, -0.2) is 36.3 Å². The van der Waals surface area contributed by atoms with Crippen molar-refractivity contribution >= 4 is 29.2 Å². The number of amides is 1. The number of carbonyl (C=O) groups excluding carboxylic acids is 1. The van der Waals surface area contributed by atoms with Crippen LogP contribution in [0.2, 0.25) is 5.02 Å². The van der Waals surface area contributed by atoms with Gasteiger partial charge in [-0.15, -0.1) is 0 Å². The first kappa shape index (κ1) is 14.9. The minimum atomic E-state index is -1.04. The van der Waals surface area contributed by atoms with Crippen molar-refractivity contribution in [2.24, 2.45) is 11.8 Å². The number of carboxylic acid groups (broad SMARTS) is 1. The summed E-state index contributed by atoms with van der Waals surface area (Å²) in [5.74, 6) is -2.57. The number of rotatable bonds is 4. The first-order valence-corrected chi connectivity index (χ1v) is 7.10. The van der Waals surface area contributed by atoms with Crippen molar-refractivity contribution in [2.75, 3.05) is 12.4 Å². The molecule has 1 aromatic carbocycles. The van der Waals surface area contributed by atoms with Gasteiger partial charge in [-0.2, -0.15) is 0 Å². The molecule has 2 heterocycles. The molecule has 0 spiro atoms. The van der Waals surface area contributed by atoms with Crippen LogP contribution < -0.4 is 10.1 Å². The van der Waals surface area contributed by atoms with Gasteiger partial charge in [-0.3, -0.25) is 9.59 Å². The molecule has 1 saturated heterocycles. The van der Waals surface area contributed by atoms with Gasteiger partial charge in [0.2, 0.25) is 5.91 Å². The average Bonchev–Trinajstić information content (AvgIpc) is 3.07. The number of fused-ring (bicyclic) bond motifs is 2. The van der Waals surface area contributed by atoms with Crippen LogP contribution in [0, 0.1) is 11.8 Å². The van der Waals surface area contributed by atoms with Crippen LogP contribution in [0.25, 0.3) is 0 Å². The predicted octanol–water partition coefficient (Wildman–Crippen LogP) is 1.94. The van der Waals surface area contributed by atoms with Gasteiger partial charge in [0.15, 0.2) is 0 Å². The van der Waals surface area contributed by atoms with Crippen LogP contribution in [0.1, 0.15) is 0 Å². The molecule has 3 rings (SSSR count). The van der Waals surface area contributed by atoms with E-state index in [4.69, 9.17) is 21.1 Å². The van der Waals surface area contributed by atoms with Gasteiger partial charge in [0, 0.05) is 5.69 Å². The van der Waals surface area contributed by atoms with Gasteiger partial charge in [0.25, 0.3) is 0 Å². The Balaban J connectivity index is 1.78. The van der Waals surface area contributed by atoms with Gasteiger partial charge in [-0.25, -0.2) is 0 Å². The average molecular weight is 324 g/mol. The van der Waals surface area contributed by atoms with Crippen LogP contribution >= 0.6 is 11.6 Å². The number of ether oxygens (including phenoxy) is 2. The lowest BCUT2D eigenvalue weighted by molar-refractivity contribution is -0.145. The molecular formula is C15H14ClNO5. The maximum atomic E-state index is 12.4. The summed E-state index contributed by atoms with van der Waals surface area (Å²) in [7, 11) is 1.50. The maximum absolute atomic E-state index is 12.4. The van der Waals surface area contributed by atoms with Crippen LogP contribution in [0.3, 0.4) is 0 Å². The van der Waals surface area contributed by atoms with E-state index in [0.717, 1.165) is 0 Å². The van der Waals surface area contributed by atoms with Crippen LogP contribution in [0.4, 0.5) is 5.69 Å². The quantitative estimate of drug-likeness (QED) is 0.827. The first-order chi connectivity index (χ1) is 10.5. The molecular weight excluding hydrogens is 310 g/mol. The molecule has 0 aromatic heterocycles. The molecule has 22 heavy (non-hydrogen) atoms. The third-order valence-electron chi connectivity index (χ3n) is 3.91. The molecule has 4 atom stereocenters. The van der Waals surface area contributed by atoms with E-state index >= 15 is 0 Å². The van der Waals surface area contributed by atoms with Crippen molar-refractivity contribution < 1.29 is 24.2 Å². The number of nitrogens with one attached hydrogen (secondary N) is 1. The van der Waals surface area contributed by atoms with Gasteiger partial charge in [0.05, 0.1) is 30.3 Å². The number of anilines is 1. The smallest absolute Gasteiger partial charge is 0.310 e. The highest BCUT2D eigenvalue weighted by molar-refractivity contribution is 6.32. The molecule has 2 N–H and O–H groups in total. The molecule has 1 amide bonds. The number of methoxy groups -OCH3 is 1. The summed E-state index contributed by atoms with van der Waals surface area (Å²) < 4.78 is 10.5. The number of benzene rings is 1. The second-order valence-electron chi connectivity index (χ2n) is 5.18. The molecule has 116 valence electrons. The van der Waals surface area contributed by atoms with E-state index < -0.39 is 35.9 Å². The fourth-order valence-electron chi connectivity index (χ4n) is 2.88. The van der Waals surface area contributed by atoms with Crippen molar-refractivity contribution in [3.05, 3.63) is 35.4 Å². The monoisotopic (exact) mass is 323 g/mol. The molecule has 0 unspecified atom stereocenters. The van der Waals surface area contributed by atoms with Crippen molar-refractivity contribution in [1.82, 2.24) is 0 Å². The second kappa shape index (κ2) is 5.62. The van der Waals surface area contributed by atoms with Gasteiger partial charge in [0.1, 0.15) is 11.7 Å². The van der Waals surface area contributed by atoms with Crippen molar-refractivity contribution in [3.8, 4) is 5.75 Å². The van der Waals surface area contributed by atoms with E-state index in [1.807, 2.05) is 0 Å². The zero-order chi connectivity index (χ0) is 15.9.